The van der Waals surface area contributed by atoms with Crippen LogP contribution in [0.25, 0.3) is 0 Å². The molecule has 1 aliphatic rings. The topological polar surface area (TPSA) is 125 Å². The van der Waals surface area contributed by atoms with Gasteiger partial charge in [-0.05, 0) is 43.9 Å². The van der Waals surface area contributed by atoms with Crippen molar-refractivity contribution in [1.82, 2.24) is 10.9 Å². The van der Waals surface area contributed by atoms with E-state index in [0.717, 1.165) is 24.0 Å². The zero-order valence-corrected chi connectivity index (χ0v) is 16.2. The summed E-state index contributed by atoms with van der Waals surface area (Å²) in [5.74, 6) is -3.68. The number of aryl methyl sites for hydroxylation is 2. The molecule has 0 aromatic heterocycles. The minimum atomic E-state index is -0.991. The fraction of sp³-hybridized carbons (Fsp3) is 0.500. The number of rotatable bonds is 6. The van der Waals surface area contributed by atoms with Crippen molar-refractivity contribution >= 4 is 29.4 Å². The van der Waals surface area contributed by atoms with Crippen molar-refractivity contribution < 1.29 is 24.3 Å². The molecule has 152 valence electrons. The number of benzene rings is 1. The largest absolute Gasteiger partial charge is 0.481 e. The molecule has 0 aliphatic heterocycles. The summed E-state index contributed by atoms with van der Waals surface area (Å²) in [7, 11) is 0. The summed E-state index contributed by atoms with van der Waals surface area (Å²) in [6.07, 6.45) is 2.38. The fourth-order valence-electron chi connectivity index (χ4n) is 3.34. The maximum Gasteiger partial charge on any atom is 0.307 e. The van der Waals surface area contributed by atoms with E-state index in [9.17, 15) is 24.3 Å². The van der Waals surface area contributed by atoms with Crippen LogP contribution in [0.15, 0.2) is 18.2 Å². The highest BCUT2D eigenvalue weighted by Crippen LogP contribution is 2.30. The lowest BCUT2D eigenvalue weighted by Crippen LogP contribution is -2.48. The van der Waals surface area contributed by atoms with E-state index in [0.29, 0.717) is 18.5 Å². The van der Waals surface area contributed by atoms with Gasteiger partial charge in [0, 0.05) is 18.5 Å². The number of hydrogen-bond donors (Lipinski definition) is 4. The van der Waals surface area contributed by atoms with Crippen molar-refractivity contribution in [3.05, 3.63) is 29.3 Å². The molecule has 1 aromatic carbocycles. The molecule has 28 heavy (non-hydrogen) atoms. The van der Waals surface area contributed by atoms with Crippen molar-refractivity contribution in [2.45, 2.75) is 52.4 Å². The van der Waals surface area contributed by atoms with Gasteiger partial charge in [-0.3, -0.25) is 30.0 Å². The van der Waals surface area contributed by atoms with Crippen molar-refractivity contribution in [2.24, 2.45) is 11.8 Å². The molecule has 4 N–H and O–H groups in total. The number of hydrogen-bond acceptors (Lipinski definition) is 4. The summed E-state index contributed by atoms with van der Waals surface area (Å²) in [5.41, 5.74) is 7.21. The molecule has 1 aliphatic carbocycles. The van der Waals surface area contributed by atoms with Crippen LogP contribution in [-0.2, 0) is 19.2 Å². The third kappa shape index (κ3) is 6.07. The summed E-state index contributed by atoms with van der Waals surface area (Å²) < 4.78 is 0. The van der Waals surface area contributed by atoms with Gasteiger partial charge in [-0.1, -0.05) is 25.0 Å². The summed E-state index contributed by atoms with van der Waals surface area (Å²) in [6.45, 7) is 3.80. The Bertz CT molecular complexity index is 762. The number of hydrazine groups is 1. The first-order valence-electron chi connectivity index (χ1n) is 9.46. The molecule has 1 saturated carbocycles. The second kappa shape index (κ2) is 9.87. The minimum absolute atomic E-state index is 0.0315. The molecule has 0 saturated heterocycles. The molecule has 1 fully saturated rings. The van der Waals surface area contributed by atoms with Crippen LogP contribution in [0, 0.1) is 25.7 Å². The highest BCUT2D eigenvalue weighted by atomic mass is 16.4. The molecule has 0 radical (unpaired) electrons. The Morgan fingerprint density at radius 2 is 1.61 bits per heavy atom. The average Bonchev–Trinajstić information content (AvgIpc) is 2.67. The predicted octanol–water partition coefficient (Wildman–Crippen LogP) is 2.06. The molecule has 8 heteroatoms. The van der Waals surface area contributed by atoms with E-state index in [1.165, 1.54) is 0 Å². The zero-order chi connectivity index (χ0) is 20.7. The van der Waals surface area contributed by atoms with Gasteiger partial charge in [0.25, 0.3) is 0 Å². The second-order valence-electron chi connectivity index (χ2n) is 7.24. The highest BCUT2D eigenvalue weighted by Gasteiger charge is 2.35. The molecule has 0 bridgehead atoms. The molecule has 8 nitrogen and oxygen atoms in total. The van der Waals surface area contributed by atoms with Gasteiger partial charge in [0.15, 0.2) is 0 Å². The lowest BCUT2D eigenvalue weighted by molar-refractivity contribution is -0.149. The van der Waals surface area contributed by atoms with Crippen LogP contribution < -0.4 is 16.2 Å². The van der Waals surface area contributed by atoms with Gasteiger partial charge in [0.2, 0.25) is 17.7 Å². The number of nitrogens with one attached hydrogen (secondary N) is 3. The summed E-state index contributed by atoms with van der Waals surface area (Å²) in [6, 6.07) is 5.71. The molecular formula is C20H27N3O5. The van der Waals surface area contributed by atoms with Gasteiger partial charge in [-0.15, -0.1) is 0 Å². The standard InChI is InChI=1S/C20H27N3O5/c1-12-7-8-13(2)16(11-12)21-17(24)9-10-18(25)22-23-19(26)14-5-3-4-6-15(14)20(27)28/h7-8,11,14-15H,3-6,9-10H2,1-2H3,(H,21,24)(H,22,25)(H,23,26)(H,27,28)/t14-,15+/m1/s1. The maximum atomic E-state index is 12.2. The Morgan fingerprint density at radius 1 is 0.964 bits per heavy atom. The third-order valence-electron chi connectivity index (χ3n) is 4.99. The Kier molecular flexibility index (Phi) is 7.54. The van der Waals surface area contributed by atoms with E-state index < -0.39 is 29.6 Å². The van der Waals surface area contributed by atoms with Crippen LogP contribution >= 0.6 is 0 Å². The van der Waals surface area contributed by atoms with Crippen LogP contribution in [0.4, 0.5) is 5.69 Å². The molecule has 1 aromatic rings. The Labute approximate surface area is 164 Å². The number of anilines is 1. The predicted molar refractivity (Wildman–Crippen MR) is 103 cm³/mol. The normalized spacial score (nSPS) is 18.8. The van der Waals surface area contributed by atoms with Gasteiger partial charge in [0.1, 0.15) is 0 Å². The number of carbonyl (C=O) groups is 4. The number of amides is 3. The molecule has 3 amide bonds. The van der Waals surface area contributed by atoms with E-state index in [1.54, 1.807) is 0 Å². The Morgan fingerprint density at radius 3 is 2.29 bits per heavy atom. The van der Waals surface area contributed by atoms with Gasteiger partial charge in [-0.2, -0.15) is 0 Å². The van der Waals surface area contributed by atoms with Crippen molar-refractivity contribution in [2.75, 3.05) is 5.32 Å². The first kappa shape index (κ1) is 21.4. The van der Waals surface area contributed by atoms with Crippen LogP contribution in [0.5, 0.6) is 0 Å². The lowest BCUT2D eigenvalue weighted by Gasteiger charge is -2.27. The average molecular weight is 389 g/mol. The van der Waals surface area contributed by atoms with E-state index in [1.807, 2.05) is 32.0 Å². The molecule has 0 spiro atoms. The second-order valence-corrected chi connectivity index (χ2v) is 7.24. The fourth-order valence-corrected chi connectivity index (χ4v) is 3.34. The number of carboxylic acids is 1. The third-order valence-corrected chi connectivity index (χ3v) is 4.99. The van der Waals surface area contributed by atoms with Crippen molar-refractivity contribution in [1.29, 1.82) is 0 Å². The first-order chi connectivity index (χ1) is 13.3. The van der Waals surface area contributed by atoms with Gasteiger partial charge < -0.3 is 10.4 Å². The minimum Gasteiger partial charge on any atom is -0.481 e. The van der Waals surface area contributed by atoms with E-state index >= 15 is 0 Å². The van der Waals surface area contributed by atoms with Crippen LogP contribution in [-0.4, -0.2) is 28.8 Å². The number of carboxylic acid groups (broad SMARTS) is 1. The van der Waals surface area contributed by atoms with E-state index in [4.69, 9.17) is 0 Å². The quantitative estimate of drug-likeness (QED) is 0.554. The highest BCUT2D eigenvalue weighted by molar-refractivity contribution is 5.94. The Balaban J connectivity index is 1.76. The smallest absolute Gasteiger partial charge is 0.307 e. The maximum absolute atomic E-state index is 12.2. The monoisotopic (exact) mass is 389 g/mol. The van der Waals surface area contributed by atoms with Gasteiger partial charge >= 0.3 is 5.97 Å². The number of carbonyl (C=O) groups excluding carboxylic acids is 3. The van der Waals surface area contributed by atoms with E-state index in [2.05, 4.69) is 16.2 Å². The van der Waals surface area contributed by atoms with Crippen molar-refractivity contribution in [3.63, 3.8) is 0 Å². The molecular weight excluding hydrogens is 362 g/mol. The lowest BCUT2D eigenvalue weighted by atomic mass is 9.79. The summed E-state index contributed by atoms with van der Waals surface area (Å²) in [4.78, 5) is 47.4. The van der Waals surface area contributed by atoms with Gasteiger partial charge in [-0.25, -0.2) is 0 Å². The summed E-state index contributed by atoms with van der Waals surface area (Å²) in [5, 5.41) is 12.0. The molecule has 0 heterocycles. The molecule has 2 rings (SSSR count). The van der Waals surface area contributed by atoms with E-state index in [-0.39, 0.29) is 18.7 Å². The van der Waals surface area contributed by atoms with Crippen molar-refractivity contribution in [3.8, 4) is 0 Å². The Hall–Kier alpha value is -2.90. The molecule has 0 unspecified atom stereocenters. The molecule has 2 atom stereocenters. The summed E-state index contributed by atoms with van der Waals surface area (Å²) >= 11 is 0. The number of aliphatic carboxylic acids is 1. The SMILES string of the molecule is Cc1ccc(C)c(NC(=O)CCC(=O)NNC(=O)[C@@H]2CCCC[C@@H]2C(=O)O)c1. The van der Waals surface area contributed by atoms with Gasteiger partial charge in [0.05, 0.1) is 11.8 Å². The first-order valence-corrected chi connectivity index (χ1v) is 9.46. The van der Waals surface area contributed by atoms with Crippen LogP contribution in [0.2, 0.25) is 0 Å². The van der Waals surface area contributed by atoms with Crippen LogP contribution in [0.3, 0.4) is 0 Å². The zero-order valence-electron chi connectivity index (χ0n) is 16.2. The van der Waals surface area contributed by atoms with Crippen LogP contribution in [0.1, 0.15) is 49.7 Å².